The first-order valence-corrected chi connectivity index (χ1v) is 19.5. The van der Waals surface area contributed by atoms with Crippen LogP contribution in [0.25, 0.3) is 0 Å². The van der Waals surface area contributed by atoms with Crippen molar-refractivity contribution < 1.29 is 107 Å². The van der Waals surface area contributed by atoms with Crippen molar-refractivity contribution in [1.29, 1.82) is 0 Å². The predicted molar refractivity (Wildman–Crippen MR) is 173 cm³/mol. The summed E-state index contributed by atoms with van der Waals surface area (Å²) in [5.41, 5.74) is 0. The van der Waals surface area contributed by atoms with Crippen LogP contribution in [0.5, 0.6) is 0 Å². The van der Waals surface area contributed by atoms with Gasteiger partial charge >= 0.3 is 71.1 Å². The quantitative estimate of drug-likeness (QED) is 0.0423. The molecule has 0 spiro atoms. The van der Waals surface area contributed by atoms with Gasteiger partial charge < -0.3 is 38.8 Å². The second-order valence-corrected chi connectivity index (χ2v) is 14.0. The second kappa shape index (κ2) is 36.8. The fourth-order valence-electron chi connectivity index (χ4n) is 5.20. The summed E-state index contributed by atoms with van der Waals surface area (Å²) >= 11 is 0. The van der Waals surface area contributed by atoms with Gasteiger partial charge in [0.25, 0.3) is 0 Å². The van der Waals surface area contributed by atoms with Crippen molar-refractivity contribution in [2.75, 3.05) is 19.8 Å². The molecule has 0 aromatic heterocycles. The molecule has 0 aliphatic rings. The minimum absolute atomic E-state index is 0. The minimum Gasteiger partial charge on any atom is -0.809 e. The van der Waals surface area contributed by atoms with Crippen LogP contribution in [-0.4, -0.2) is 60.0 Å². The number of aliphatic hydroxyl groups excluding tert-OH is 2. The van der Waals surface area contributed by atoms with E-state index in [0.29, 0.717) is 12.8 Å². The summed E-state index contributed by atoms with van der Waals surface area (Å²) in [5, 5.41) is 18.8. The van der Waals surface area contributed by atoms with E-state index in [4.69, 9.17) is 19.3 Å². The van der Waals surface area contributed by atoms with Gasteiger partial charge in [-0.2, -0.15) is 0 Å². The first-order chi connectivity index (χ1) is 21.6. The van der Waals surface area contributed by atoms with E-state index in [1.165, 1.54) is 89.9 Å². The molecular formula is C34H65Na2O10P. The Bertz CT molecular complexity index is 756. The Morgan fingerprint density at radius 3 is 1.34 bits per heavy atom. The summed E-state index contributed by atoms with van der Waals surface area (Å²) in [6.07, 6.45) is 22.4. The van der Waals surface area contributed by atoms with Crippen LogP contribution in [0.1, 0.15) is 168 Å². The molecular weight excluding hydrogens is 645 g/mol. The predicted octanol–water partition coefficient (Wildman–Crippen LogP) is 0.461. The molecule has 0 aliphatic carbocycles. The van der Waals surface area contributed by atoms with Crippen molar-refractivity contribution in [3.8, 4) is 0 Å². The normalized spacial score (nSPS) is 13.2. The van der Waals surface area contributed by atoms with Crippen molar-refractivity contribution in [1.82, 2.24) is 0 Å². The zero-order chi connectivity index (χ0) is 33.6. The third-order valence-corrected chi connectivity index (χ3v) is 9.09. The van der Waals surface area contributed by atoms with E-state index in [1.807, 2.05) is 0 Å². The standard InChI is InChI=1S/C34H67O10P.2Na/c1-3-5-7-9-11-13-15-17-19-21-23-25-32(37)42-28-30(29-43-34(31(36)27-35)45(39,40)41)44-33(38)26-24-22-20-18-16-14-12-10-8-6-4-2;;/h30-31,34-36H,3-29H2,1-2H3,(H2,39,40,41);;/q;2*+1/p-2/t30-,31?,34?;;/m1../s1. The van der Waals surface area contributed by atoms with Crippen LogP contribution >= 0.6 is 7.60 Å². The van der Waals surface area contributed by atoms with Crippen molar-refractivity contribution >= 4 is 19.5 Å². The smallest absolute Gasteiger partial charge is 0.809 e. The van der Waals surface area contributed by atoms with Crippen molar-refractivity contribution in [3.63, 3.8) is 0 Å². The maximum atomic E-state index is 12.5. The van der Waals surface area contributed by atoms with E-state index in [0.717, 1.165) is 38.5 Å². The molecule has 0 aliphatic heterocycles. The number of aliphatic hydroxyl groups is 2. The molecule has 10 nitrogen and oxygen atoms in total. The summed E-state index contributed by atoms with van der Waals surface area (Å²) in [6.45, 7) is 2.46. The number of ether oxygens (including phenoxy) is 3. The number of esters is 2. The second-order valence-electron chi connectivity index (χ2n) is 12.4. The monoisotopic (exact) mass is 710 g/mol. The molecule has 0 bridgehead atoms. The molecule has 0 rings (SSSR count). The Morgan fingerprint density at radius 2 is 0.979 bits per heavy atom. The molecule has 0 amide bonds. The van der Waals surface area contributed by atoms with Crippen molar-refractivity contribution in [2.24, 2.45) is 0 Å². The van der Waals surface area contributed by atoms with Crippen LogP contribution in [0.2, 0.25) is 0 Å². The molecule has 0 saturated heterocycles. The zero-order valence-electron chi connectivity index (χ0n) is 30.4. The van der Waals surface area contributed by atoms with Crippen LogP contribution in [0.15, 0.2) is 0 Å². The summed E-state index contributed by atoms with van der Waals surface area (Å²) in [7, 11) is -5.43. The van der Waals surface area contributed by atoms with E-state index in [9.17, 15) is 29.0 Å². The molecule has 0 aromatic carbocycles. The van der Waals surface area contributed by atoms with Crippen LogP contribution in [-0.2, 0) is 28.4 Å². The van der Waals surface area contributed by atoms with Crippen molar-refractivity contribution in [3.05, 3.63) is 0 Å². The number of carbonyl (C=O) groups is 2. The molecule has 0 saturated carbocycles. The molecule has 47 heavy (non-hydrogen) atoms. The summed E-state index contributed by atoms with van der Waals surface area (Å²) in [4.78, 5) is 47.9. The number of unbranched alkanes of at least 4 members (excludes halogenated alkanes) is 20. The first-order valence-electron chi connectivity index (χ1n) is 17.9. The van der Waals surface area contributed by atoms with Gasteiger partial charge in [-0.1, -0.05) is 142 Å². The van der Waals surface area contributed by atoms with Gasteiger partial charge in [0.1, 0.15) is 18.6 Å². The van der Waals surface area contributed by atoms with Gasteiger partial charge in [-0.15, -0.1) is 0 Å². The van der Waals surface area contributed by atoms with Gasteiger partial charge in [-0.3, -0.25) is 9.59 Å². The van der Waals surface area contributed by atoms with E-state index in [-0.39, 0.29) is 78.6 Å². The third-order valence-electron chi connectivity index (χ3n) is 7.98. The van der Waals surface area contributed by atoms with Gasteiger partial charge in [0.05, 0.1) is 13.2 Å². The van der Waals surface area contributed by atoms with Crippen LogP contribution in [0.3, 0.4) is 0 Å². The Hall–Kier alpha value is 0.970. The molecule has 0 aromatic rings. The Balaban J connectivity index is -0.00000968. The Kier molecular flexibility index (Phi) is 40.9. The van der Waals surface area contributed by atoms with Gasteiger partial charge in [-0.25, -0.2) is 0 Å². The maximum absolute atomic E-state index is 12.5. The number of carbonyl (C=O) groups excluding carboxylic acids is 2. The average Bonchev–Trinajstić information content (AvgIpc) is 3.00. The molecule has 2 unspecified atom stereocenters. The van der Waals surface area contributed by atoms with Gasteiger partial charge in [0, 0.05) is 12.8 Å². The average molecular weight is 711 g/mol. The van der Waals surface area contributed by atoms with Gasteiger partial charge in [-0.05, 0) is 20.4 Å². The molecule has 3 atom stereocenters. The summed E-state index contributed by atoms with van der Waals surface area (Å²) in [5.74, 6) is -3.24. The molecule has 0 heterocycles. The number of hydrogen-bond donors (Lipinski definition) is 2. The molecule has 13 heteroatoms. The van der Waals surface area contributed by atoms with Crippen LogP contribution < -0.4 is 68.9 Å². The van der Waals surface area contributed by atoms with E-state index < -0.39 is 50.8 Å². The van der Waals surface area contributed by atoms with Crippen LogP contribution in [0, 0.1) is 0 Å². The fraction of sp³-hybridized carbons (Fsp3) is 0.941. The first kappa shape index (κ1) is 52.3. The molecule has 0 radical (unpaired) electrons. The van der Waals surface area contributed by atoms with Gasteiger partial charge in [0.2, 0.25) is 0 Å². The van der Waals surface area contributed by atoms with Crippen LogP contribution in [0.4, 0.5) is 0 Å². The Labute approximate surface area is 330 Å². The zero-order valence-corrected chi connectivity index (χ0v) is 35.3. The van der Waals surface area contributed by atoms with E-state index in [2.05, 4.69) is 13.8 Å². The van der Waals surface area contributed by atoms with E-state index >= 15 is 0 Å². The fourth-order valence-corrected chi connectivity index (χ4v) is 5.98. The minimum atomic E-state index is -5.43. The number of rotatable bonds is 33. The largest absolute Gasteiger partial charge is 1.00 e. The van der Waals surface area contributed by atoms with E-state index in [1.54, 1.807) is 0 Å². The van der Waals surface area contributed by atoms with Crippen molar-refractivity contribution in [2.45, 2.75) is 186 Å². The van der Waals surface area contributed by atoms with Gasteiger partial charge in [0.15, 0.2) is 6.10 Å². The maximum Gasteiger partial charge on any atom is 1.00 e. The SMILES string of the molecule is CCCCCCCCCCCCCC(=O)OC[C@H](COC(C(O)CO)P(=O)([O-])[O-])OC(=O)CCCCCCCCCCCCC.[Na+].[Na+]. The summed E-state index contributed by atoms with van der Waals surface area (Å²) in [6, 6.07) is 0. The summed E-state index contributed by atoms with van der Waals surface area (Å²) < 4.78 is 27.3. The number of hydrogen-bond acceptors (Lipinski definition) is 10. The molecule has 2 N–H and O–H groups in total. The third kappa shape index (κ3) is 33.9. The topological polar surface area (TPSA) is 165 Å². The molecule has 0 fully saturated rings. The Morgan fingerprint density at radius 1 is 0.617 bits per heavy atom. The molecule has 268 valence electrons.